The number of hydrogen-bond acceptors (Lipinski definition) is 4. The molecule has 2 rings (SSSR count). The zero-order valence-corrected chi connectivity index (χ0v) is 11.1. The molecule has 0 unspecified atom stereocenters. The Morgan fingerprint density at radius 2 is 1.78 bits per heavy atom. The third-order valence-corrected chi connectivity index (χ3v) is 2.78. The van der Waals surface area contributed by atoms with Crippen LogP contribution >= 0.6 is 0 Å². The Bertz CT molecular complexity index is 574. The predicted octanol–water partition coefficient (Wildman–Crippen LogP) is 2.66. The van der Waals surface area contributed by atoms with E-state index in [1.165, 1.54) is 0 Å². The second-order valence-electron chi connectivity index (χ2n) is 4.38. The average Bonchev–Trinajstić information content (AvgIpc) is 2.26. The van der Waals surface area contributed by atoms with E-state index in [9.17, 15) is 0 Å². The van der Waals surface area contributed by atoms with Gasteiger partial charge in [-0.2, -0.15) is 0 Å². The number of aryl methyl sites for hydroxylation is 3. The van der Waals surface area contributed by atoms with Crippen molar-refractivity contribution in [3.63, 3.8) is 0 Å². The minimum absolute atomic E-state index is 0.472. The number of aromatic nitrogens is 2. The van der Waals surface area contributed by atoms with Gasteiger partial charge in [-0.15, -0.1) is 0 Å². The van der Waals surface area contributed by atoms with Crippen molar-refractivity contribution in [2.75, 3.05) is 12.8 Å². The van der Waals surface area contributed by atoms with Crippen LogP contribution < -0.4 is 10.5 Å². The van der Waals surface area contributed by atoms with Gasteiger partial charge in [0.15, 0.2) is 0 Å². The van der Waals surface area contributed by atoms with E-state index < -0.39 is 0 Å². The molecule has 4 heteroatoms. The molecule has 0 atom stereocenters. The van der Waals surface area contributed by atoms with Crippen LogP contribution in [0, 0.1) is 20.8 Å². The van der Waals surface area contributed by atoms with Gasteiger partial charge in [-0.25, -0.2) is 9.97 Å². The van der Waals surface area contributed by atoms with Gasteiger partial charge in [-0.05, 0) is 38.0 Å². The molecule has 0 fully saturated rings. The highest BCUT2D eigenvalue weighted by molar-refractivity contribution is 5.73. The molecular formula is C14H17N3O. The standard InChI is InChI=1S/C14H17N3O/c1-8-5-9(2)14(12(6-8)18-4)11-7-13(15)17-10(3)16-11/h5-7H,1-4H3,(H2,15,16,17). The smallest absolute Gasteiger partial charge is 0.128 e. The molecule has 1 aromatic carbocycles. The lowest BCUT2D eigenvalue weighted by atomic mass is 10.0. The quantitative estimate of drug-likeness (QED) is 0.880. The highest BCUT2D eigenvalue weighted by Gasteiger charge is 2.12. The van der Waals surface area contributed by atoms with Gasteiger partial charge in [0.05, 0.1) is 12.8 Å². The summed E-state index contributed by atoms with van der Waals surface area (Å²) in [7, 11) is 1.66. The number of anilines is 1. The van der Waals surface area contributed by atoms with Crippen molar-refractivity contribution >= 4 is 5.82 Å². The lowest BCUT2D eigenvalue weighted by Crippen LogP contribution is -2.00. The van der Waals surface area contributed by atoms with Gasteiger partial charge in [0.2, 0.25) is 0 Å². The molecule has 0 saturated heterocycles. The maximum absolute atomic E-state index is 5.78. The SMILES string of the molecule is COc1cc(C)cc(C)c1-c1cc(N)nc(C)n1. The number of hydrogen-bond donors (Lipinski definition) is 1. The fraction of sp³-hybridized carbons (Fsp3) is 0.286. The average molecular weight is 243 g/mol. The molecule has 94 valence electrons. The summed E-state index contributed by atoms with van der Waals surface area (Å²) in [5.74, 6) is 1.94. The van der Waals surface area contributed by atoms with Gasteiger partial charge in [0.25, 0.3) is 0 Å². The van der Waals surface area contributed by atoms with Gasteiger partial charge in [0, 0.05) is 11.6 Å². The Hall–Kier alpha value is -2.10. The molecule has 0 aliphatic carbocycles. The molecule has 0 saturated carbocycles. The Labute approximate surface area is 107 Å². The molecule has 0 radical (unpaired) electrons. The van der Waals surface area contributed by atoms with Crippen LogP contribution in [0.4, 0.5) is 5.82 Å². The molecule has 1 aromatic heterocycles. The minimum atomic E-state index is 0.472. The first-order valence-corrected chi connectivity index (χ1v) is 5.78. The molecule has 0 bridgehead atoms. The third kappa shape index (κ3) is 2.27. The van der Waals surface area contributed by atoms with Crippen molar-refractivity contribution in [2.45, 2.75) is 20.8 Å². The molecule has 4 nitrogen and oxygen atoms in total. The zero-order chi connectivity index (χ0) is 13.3. The first kappa shape index (κ1) is 12.4. The lowest BCUT2D eigenvalue weighted by Gasteiger charge is -2.13. The fourth-order valence-corrected chi connectivity index (χ4v) is 2.14. The summed E-state index contributed by atoms with van der Waals surface area (Å²) >= 11 is 0. The first-order valence-electron chi connectivity index (χ1n) is 5.78. The molecule has 0 aliphatic heterocycles. The monoisotopic (exact) mass is 243 g/mol. The third-order valence-electron chi connectivity index (χ3n) is 2.78. The summed E-state index contributed by atoms with van der Waals surface area (Å²) in [6.07, 6.45) is 0. The molecular weight excluding hydrogens is 226 g/mol. The highest BCUT2D eigenvalue weighted by Crippen LogP contribution is 2.33. The van der Waals surface area contributed by atoms with Crippen molar-refractivity contribution in [3.05, 3.63) is 35.2 Å². The molecule has 0 aliphatic rings. The molecule has 18 heavy (non-hydrogen) atoms. The van der Waals surface area contributed by atoms with Crippen LogP contribution in [0.1, 0.15) is 17.0 Å². The first-order chi connectivity index (χ1) is 8.51. The van der Waals surface area contributed by atoms with E-state index in [-0.39, 0.29) is 0 Å². The van der Waals surface area contributed by atoms with Gasteiger partial charge in [0.1, 0.15) is 17.4 Å². The summed E-state index contributed by atoms with van der Waals surface area (Å²) in [6.45, 7) is 5.91. The molecule has 2 aromatic rings. The van der Waals surface area contributed by atoms with E-state index in [1.807, 2.05) is 26.8 Å². The molecule has 0 spiro atoms. The van der Waals surface area contributed by atoms with Crippen molar-refractivity contribution in [2.24, 2.45) is 0 Å². The van der Waals surface area contributed by atoms with Gasteiger partial charge in [-0.1, -0.05) is 6.07 Å². The number of nitrogens with zero attached hydrogens (tertiary/aromatic N) is 2. The Morgan fingerprint density at radius 3 is 2.39 bits per heavy atom. The van der Waals surface area contributed by atoms with Crippen LogP contribution in [0.3, 0.4) is 0 Å². The number of rotatable bonds is 2. The van der Waals surface area contributed by atoms with Crippen LogP contribution in [0.25, 0.3) is 11.3 Å². The van der Waals surface area contributed by atoms with E-state index in [2.05, 4.69) is 16.0 Å². The van der Waals surface area contributed by atoms with Crippen LogP contribution in [-0.4, -0.2) is 17.1 Å². The van der Waals surface area contributed by atoms with Gasteiger partial charge < -0.3 is 10.5 Å². The number of nitrogen functional groups attached to an aromatic ring is 1. The van der Waals surface area contributed by atoms with Crippen molar-refractivity contribution in [1.29, 1.82) is 0 Å². The predicted molar refractivity (Wildman–Crippen MR) is 72.6 cm³/mol. The minimum Gasteiger partial charge on any atom is -0.496 e. The van der Waals surface area contributed by atoms with E-state index in [4.69, 9.17) is 10.5 Å². The Morgan fingerprint density at radius 1 is 1.06 bits per heavy atom. The summed E-state index contributed by atoms with van der Waals surface area (Å²) in [4.78, 5) is 8.52. The number of benzene rings is 1. The molecule has 1 heterocycles. The summed E-state index contributed by atoms with van der Waals surface area (Å²) in [6, 6.07) is 5.87. The number of nitrogens with two attached hydrogens (primary N) is 1. The van der Waals surface area contributed by atoms with Crippen molar-refractivity contribution in [3.8, 4) is 17.0 Å². The number of ether oxygens (including phenoxy) is 1. The van der Waals surface area contributed by atoms with Gasteiger partial charge >= 0.3 is 0 Å². The van der Waals surface area contributed by atoms with E-state index in [1.54, 1.807) is 13.2 Å². The van der Waals surface area contributed by atoms with Crippen LogP contribution in [0.15, 0.2) is 18.2 Å². The largest absolute Gasteiger partial charge is 0.496 e. The normalized spacial score (nSPS) is 10.4. The summed E-state index contributed by atoms with van der Waals surface area (Å²) < 4.78 is 5.44. The van der Waals surface area contributed by atoms with Crippen LogP contribution in [-0.2, 0) is 0 Å². The summed E-state index contributed by atoms with van der Waals surface area (Å²) in [5, 5.41) is 0. The van der Waals surface area contributed by atoms with Crippen LogP contribution in [0.2, 0.25) is 0 Å². The zero-order valence-electron chi connectivity index (χ0n) is 11.1. The van der Waals surface area contributed by atoms with Gasteiger partial charge in [-0.3, -0.25) is 0 Å². The van der Waals surface area contributed by atoms with E-state index in [0.717, 1.165) is 28.1 Å². The Kier molecular flexibility index (Phi) is 3.19. The molecule has 2 N–H and O–H groups in total. The lowest BCUT2D eigenvalue weighted by molar-refractivity contribution is 0.415. The fourth-order valence-electron chi connectivity index (χ4n) is 2.14. The second-order valence-corrected chi connectivity index (χ2v) is 4.38. The van der Waals surface area contributed by atoms with E-state index in [0.29, 0.717) is 11.6 Å². The maximum Gasteiger partial charge on any atom is 0.128 e. The maximum atomic E-state index is 5.78. The second kappa shape index (κ2) is 4.64. The number of methoxy groups -OCH3 is 1. The van der Waals surface area contributed by atoms with Crippen LogP contribution in [0.5, 0.6) is 5.75 Å². The van der Waals surface area contributed by atoms with Crippen molar-refractivity contribution < 1.29 is 4.74 Å². The summed E-state index contributed by atoms with van der Waals surface area (Å²) in [5.41, 5.74) is 9.82. The highest BCUT2D eigenvalue weighted by atomic mass is 16.5. The van der Waals surface area contributed by atoms with Crippen molar-refractivity contribution in [1.82, 2.24) is 9.97 Å². The molecule has 0 amide bonds. The van der Waals surface area contributed by atoms with E-state index >= 15 is 0 Å². The topological polar surface area (TPSA) is 61.0 Å². The Balaban J connectivity index is 2.69.